The van der Waals surface area contributed by atoms with Crippen LogP contribution in [0.5, 0.6) is 5.75 Å². The predicted octanol–water partition coefficient (Wildman–Crippen LogP) is 2.25. The third-order valence-corrected chi connectivity index (χ3v) is 2.78. The van der Waals surface area contributed by atoms with Crippen molar-refractivity contribution in [1.82, 2.24) is 4.90 Å². The summed E-state index contributed by atoms with van der Waals surface area (Å²) in [5.41, 5.74) is 1.12. The summed E-state index contributed by atoms with van der Waals surface area (Å²) in [4.78, 5) is 1.93. The van der Waals surface area contributed by atoms with Gasteiger partial charge in [0.2, 0.25) is 0 Å². The second-order valence-electron chi connectivity index (χ2n) is 4.10. The molecule has 2 atom stereocenters. The largest absolute Gasteiger partial charge is 0.497 e. The van der Waals surface area contributed by atoms with Gasteiger partial charge in [-0.3, -0.25) is 4.90 Å². The van der Waals surface area contributed by atoms with Crippen LogP contribution in [-0.4, -0.2) is 32.1 Å². The summed E-state index contributed by atoms with van der Waals surface area (Å²) >= 11 is 0. The highest BCUT2D eigenvalue weighted by Gasteiger charge is 2.20. The number of hydrogen-bond acceptors (Lipinski definition) is 3. The normalized spacial score (nSPS) is 14.2. The van der Waals surface area contributed by atoms with Crippen LogP contribution in [0.4, 0.5) is 0 Å². The van der Waals surface area contributed by atoms with Crippen LogP contribution in [-0.2, 0) is 0 Å². The van der Waals surface area contributed by atoms with Crippen molar-refractivity contribution in [3.05, 3.63) is 29.8 Å². The Labute approximate surface area is 97.3 Å². The van der Waals surface area contributed by atoms with Crippen molar-refractivity contribution < 1.29 is 4.74 Å². The van der Waals surface area contributed by atoms with E-state index in [-0.39, 0.29) is 12.0 Å². The summed E-state index contributed by atoms with van der Waals surface area (Å²) in [5, 5.41) is 9.13. The quantitative estimate of drug-likeness (QED) is 0.777. The van der Waals surface area contributed by atoms with E-state index in [1.54, 1.807) is 7.11 Å². The van der Waals surface area contributed by atoms with Crippen molar-refractivity contribution in [1.29, 1.82) is 5.26 Å². The Balaban J connectivity index is 2.95. The molecule has 0 radical (unpaired) electrons. The first-order chi connectivity index (χ1) is 7.60. The van der Waals surface area contributed by atoms with Crippen LogP contribution < -0.4 is 4.74 Å². The highest BCUT2D eigenvalue weighted by Crippen LogP contribution is 2.24. The molecule has 0 bridgehead atoms. The molecule has 0 saturated heterocycles. The van der Waals surface area contributed by atoms with Gasteiger partial charge in [-0.25, -0.2) is 0 Å². The minimum absolute atomic E-state index is 0.118. The average molecular weight is 218 g/mol. The molecule has 0 aliphatic heterocycles. The summed E-state index contributed by atoms with van der Waals surface area (Å²) < 4.78 is 5.18. The van der Waals surface area contributed by atoms with E-state index in [9.17, 15) is 0 Å². The molecule has 0 aromatic heterocycles. The number of hydrogen-bond donors (Lipinski definition) is 0. The molecule has 0 spiro atoms. The summed E-state index contributed by atoms with van der Waals surface area (Å²) in [6, 6.07) is 10.1. The van der Waals surface area contributed by atoms with Gasteiger partial charge in [-0.2, -0.15) is 5.26 Å². The fourth-order valence-electron chi connectivity index (χ4n) is 1.78. The van der Waals surface area contributed by atoms with Gasteiger partial charge in [0, 0.05) is 5.92 Å². The van der Waals surface area contributed by atoms with E-state index < -0.39 is 0 Å². The van der Waals surface area contributed by atoms with Crippen LogP contribution >= 0.6 is 0 Å². The second-order valence-corrected chi connectivity index (χ2v) is 4.10. The number of nitriles is 1. The molecule has 0 heterocycles. The molecule has 0 aliphatic carbocycles. The fraction of sp³-hybridized carbons (Fsp3) is 0.462. The predicted molar refractivity (Wildman–Crippen MR) is 64.5 cm³/mol. The molecule has 16 heavy (non-hydrogen) atoms. The summed E-state index contributed by atoms with van der Waals surface area (Å²) in [6.45, 7) is 2.06. The Morgan fingerprint density at radius 2 is 2.06 bits per heavy atom. The van der Waals surface area contributed by atoms with Crippen LogP contribution in [0, 0.1) is 11.3 Å². The van der Waals surface area contributed by atoms with E-state index in [4.69, 9.17) is 10.00 Å². The van der Waals surface area contributed by atoms with Gasteiger partial charge in [0.05, 0.1) is 13.2 Å². The van der Waals surface area contributed by atoms with Crippen LogP contribution in [0.15, 0.2) is 24.3 Å². The van der Waals surface area contributed by atoms with E-state index in [2.05, 4.69) is 13.0 Å². The summed E-state index contributed by atoms with van der Waals surface area (Å²) in [7, 11) is 5.49. The van der Waals surface area contributed by atoms with Crippen LogP contribution in [0.1, 0.15) is 18.4 Å². The molecule has 3 nitrogen and oxygen atoms in total. The summed E-state index contributed by atoms with van der Waals surface area (Å²) in [5.74, 6) is 0.995. The van der Waals surface area contributed by atoms with Gasteiger partial charge in [0.1, 0.15) is 11.8 Å². The number of rotatable bonds is 4. The zero-order valence-corrected chi connectivity index (χ0v) is 10.3. The number of nitrogens with zero attached hydrogens (tertiary/aromatic N) is 2. The molecule has 86 valence electrons. The molecule has 1 rings (SSSR count). The number of benzene rings is 1. The van der Waals surface area contributed by atoms with Gasteiger partial charge in [0.25, 0.3) is 0 Å². The van der Waals surface area contributed by atoms with Crippen LogP contribution in [0.2, 0.25) is 0 Å². The molecular weight excluding hydrogens is 200 g/mol. The maximum atomic E-state index is 9.13. The highest BCUT2D eigenvalue weighted by atomic mass is 16.5. The van der Waals surface area contributed by atoms with E-state index in [0.717, 1.165) is 11.3 Å². The number of likely N-dealkylation sites (N-methyl/N-ethyl adjacent to an activating group) is 1. The van der Waals surface area contributed by atoms with Gasteiger partial charge in [-0.05, 0) is 31.8 Å². The number of methoxy groups -OCH3 is 1. The van der Waals surface area contributed by atoms with Crippen molar-refractivity contribution in [3.8, 4) is 11.8 Å². The monoisotopic (exact) mass is 218 g/mol. The van der Waals surface area contributed by atoms with Crippen molar-refractivity contribution in [2.24, 2.45) is 0 Å². The SMILES string of the molecule is COc1cccc(C(C)C(C#N)N(C)C)c1. The van der Waals surface area contributed by atoms with Crippen molar-refractivity contribution in [2.75, 3.05) is 21.2 Å². The molecular formula is C13H18N2O. The third kappa shape index (κ3) is 2.74. The molecule has 0 aliphatic rings. The zero-order valence-electron chi connectivity index (χ0n) is 10.3. The molecule has 2 unspecified atom stereocenters. The molecule has 1 aromatic carbocycles. The van der Waals surface area contributed by atoms with Crippen LogP contribution in [0.3, 0.4) is 0 Å². The van der Waals surface area contributed by atoms with E-state index in [1.165, 1.54) is 0 Å². The molecule has 1 aromatic rings. The lowest BCUT2D eigenvalue weighted by Crippen LogP contribution is -2.31. The standard InChI is InChI=1S/C13H18N2O/c1-10(13(9-14)15(2)3)11-6-5-7-12(8-11)16-4/h5-8,10,13H,1-4H3. The van der Waals surface area contributed by atoms with E-state index in [1.807, 2.05) is 43.3 Å². The topological polar surface area (TPSA) is 36.3 Å². The number of ether oxygens (including phenoxy) is 1. The molecule has 0 fully saturated rings. The summed E-state index contributed by atoms with van der Waals surface area (Å²) in [6.07, 6.45) is 0. The Bertz CT molecular complexity index is 382. The van der Waals surface area contributed by atoms with Crippen molar-refractivity contribution >= 4 is 0 Å². The van der Waals surface area contributed by atoms with Crippen LogP contribution in [0.25, 0.3) is 0 Å². The maximum absolute atomic E-state index is 9.13. The minimum atomic E-state index is -0.118. The molecule has 0 N–H and O–H groups in total. The average Bonchev–Trinajstić information content (AvgIpc) is 2.29. The molecule has 0 saturated carbocycles. The lowest BCUT2D eigenvalue weighted by Gasteiger charge is -2.24. The van der Waals surface area contributed by atoms with Gasteiger partial charge in [0.15, 0.2) is 0 Å². The van der Waals surface area contributed by atoms with Gasteiger partial charge in [-0.1, -0.05) is 19.1 Å². The Morgan fingerprint density at radius 1 is 1.38 bits per heavy atom. The smallest absolute Gasteiger partial charge is 0.119 e. The first kappa shape index (κ1) is 12.5. The molecule has 3 heteroatoms. The van der Waals surface area contributed by atoms with E-state index in [0.29, 0.717) is 0 Å². The Kier molecular flexibility index (Phi) is 4.33. The zero-order chi connectivity index (χ0) is 12.1. The van der Waals surface area contributed by atoms with Crippen molar-refractivity contribution in [2.45, 2.75) is 18.9 Å². The second kappa shape index (κ2) is 5.53. The van der Waals surface area contributed by atoms with Crippen molar-refractivity contribution in [3.63, 3.8) is 0 Å². The Hall–Kier alpha value is -1.53. The highest BCUT2D eigenvalue weighted by molar-refractivity contribution is 5.32. The van der Waals surface area contributed by atoms with Gasteiger partial charge < -0.3 is 4.74 Å². The maximum Gasteiger partial charge on any atom is 0.119 e. The first-order valence-electron chi connectivity index (χ1n) is 5.30. The molecule has 0 amide bonds. The lowest BCUT2D eigenvalue weighted by atomic mass is 9.93. The fourth-order valence-corrected chi connectivity index (χ4v) is 1.78. The first-order valence-corrected chi connectivity index (χ1v) is 5.30. The van der Waals surface area contributed by atoms with Gasteiger partial charge >= 0.3 is 0 Å². The minimum Gasteiger partial charge on any atom is -0.497 e. The Morgan fingerprint density at radius 3 is 2.56 bits per heavy atom. The third-order valence-electron chi connectivity index (χ3n) is 2.78. The van der Waals surface area contributed by atoms with Gasteiger partial charge in [-0.15, -0.1) is 0 Å². The van der Waals surface area contributed by atoms with E-state index >= 15 is 0 Å². The lowest BCUT2D eigenvalue weighted by molar-refractivity contribution is 0.316.